The van der Waals surface area contributed by atoms with E-state index in [1.165, 1.54) is 30.5 Å². The summed E-state index contributed by atoms with van der Waals surface area (Å²) in [6, 6.07) is 15.8. The Kier molecular flexibility index (Phi) is 8.95. The number of hydrazone groups is 1. The maximum atomic E-state index is 12.3. The van der Waals surface area contributed by atoms with Crippen molar-refractivity contribution in [2.24, 2.45) is 5.10 Å². The van der Waals surface area contributed by atoms with Crippen molar-refractivity contribution in [1.29, 1.82) is 0 Å². The largest absolute Gasteiger partial charge is 0.490 e. The van der Waals surface area contributed by atoms with E-state index in [1.54, 1.807) is 19.1 Å². The Hall–Kier alpha value is -4.44. The van der Waals surface area contributed by atoms with Crippen LogP contribution in [0, 0.1) is 17.0 Å². The van der Waals surface area contributed by atoms with Crippen molar-refractivity contribution < 1.29 is 24.0 Å². The number of nitrogens with one attached hydrogen (secondary N) is 2. The van der Waals surface area contributed by atoms with Crippen molar-refractivity contribution in [1.82, 2.24) is 5.43 Å². The van der Waals surface area contributed by atoms with Crippen LogP contribution >= 0.6 is 11.6 Å². The summed E-state index contributed by atoms with van der Waals surface area (Å²) in [5.74, 6) is -0.505. The minimum absolute atomic E-state index is 0.0853. The number of halogens is 1. The van der Waals surface area contributed by atoms with Gasteiger partial charge in [-0.25, -0.2) is 5.43 Å². The van der Waals surface area contributed by atoms with E-state index in [0.29, 0.717) is 23.6 Å². The van der Waals surface area contributed by atoms with Gasteiger partial charge in [0.15, 0.2) is 18.1 Å². The molecule has 2 N–H and O–H groups in total. The van der Waals surface area contributed by atoms with Gasteiger partial charge >= 0.3 is 0 Å². The standard InChI is InChI=1S/C25H23ClN4O6/c1-3-35-22-12-17(14-27-29-25(32)18-7-5-9-20(13-18)30(33)34)11-21(26)24(22)36-15-23(31)28-19-8-4-6-16(2)10-19/h4-14H,3,15H2,1-2H3,(H,28,31)(H,29,32)/b27-14+. The third-order valence-corrected chi connectivity index (χ3v) is 4.96. The number of nitrogens with zero attached hydrogens (tertiary/aromatic N) is 2. The van der Waals surface area contributed by atoms with E-state index in [-0.39, 0.29) is 34.5 Å². The number of anilines is 1. The van der Waals surface area contributed by atoms with Crippen molar-refractivity contribution in [3.8, 4) is 11.5 Å². The van der Waals surface area contributed by atoms with Gasteiger partial charge in [-0.3, -0.25) is 19.7 Å². The van der Waals surface area contributed by atoms with Gasteiger partial charge in [-0.05, 0) is 55.3 Å². The summed E-state index contributed by atoms with van der Waals surface area (Å²) in [6.45, 7) is 3.72. The number of nitro benzene ring substituents is 1. The minimum Gasteiger partial charge on any atom is -0.490 e. The molecule has 0 spiro atoms. The number of non-ortho nitro benzene ring substituents is 1. The lowest BCUT2D eigenvalue weighted by Gasteiger charge is -2.14. The number of aryl methyl sites for hydroxylation is 1. The number of nitro groups is 1. The van der Waals surface area contributed by atoms with Crippen molar-refractivity contribution in [3.63, 3.8) is 0 Å². The molecule has 0 radical (unpaired) electrons. The summed E-state index contributed by atoms with van der Waals surface area (Å²) in [6.07, 6.45) is 1.33. The van der Waals surface area contributed by atoms with Crippen LogP contribution in [0.4, 0.5) is 11.4 Å². The molecule has 0 fully saturated rings. The second kappa shape index (κ2) is 12.3. The fourth-order valence-electron chi connectivity index (χ4n) is 3.11. The number of hydrogen-bond acceptors (Lipinski definition) is 7. The van der Waals surface area contributed by atoms with Gasteiger partial charge in [0, 0.05) is 23.4 Å². The van der Waals surface area contributed by atoms with Crippen molar-refractivity contribution >= 4 is 41.0 Å². The molecule has 0 bridgehead atoms. The van der Waals surface area contributed by atoms with Crippen LogP contribution in [0.15, 0.2) is 65.8 Å². The molecular weight excluding hydrogens is 488 g/mol. The highest BCUT2D eigenvalue weighted by Crippen LogP contribution is 2.36. The van der Waals surface area contributed by atoms with Crippen LogP contribution in [0.3, 0.4) is 0 Å². The summed E-state index contributed by atoms with van der Waals surface area (Å²) in [7, 11) is 0. The number of hydrogen-bond donors (Lipinski definition) is 2. The van der Waals surface area contributed by atoms with Gasteiger partial charge in [-0.15, -0.1) is 0 Å². The predicted molar refractivity (Wildman–Crippen MR) is 136 cm³/mol. The Morgan fingerprint density at radius 3 is 2.61 bits per heavy atom. The average Bonchev–Trinajstić information content (AvgIpc) is 2.83. The highest BCUT2D eigenvalue weighted by Gasteiger charge is 2.15. The number of rotatable bonds is 10. The lowest BCUT2D eigenvalue weighted by atomic mass is 10.2. The third kappa shape index (κ3) is 7.28. The van der Waals surface area contributed by atoms with E-state index in [0.717, 1.165) is 11.6 Å². The maximum Gasteiger partial charge on any atom is 0.271 e. The molecule has 2 amide bonds. The Bertz CT molecular complexity index is 1310. The molecule has 0 aliphatic rings. The second-order valence-corrected chi connectivity index (χ2v) is 7.88. The van der Waals surface area contributed by atoms with Gasteiger partial charge < -0.3 is 14.8 Å². The molecule has 0 heterocycles. The van der Waals surface area contributed by atoms with E-state index in [9.17, 15) is 19.7 Å². The summed E-state index contributed by atoms with van der Waals surface area (Å²) in [4.78, 5) is 34.8. The van der Waals surface area contributed by atoms with Crippen LogP contribution in [-0.2, 0) is 4.79 Å². The molecule has 186 valence electrons. The number of ether oxygens (including phenoxy) is 2. The molecule has 3 aromatic carbocycles. The van der Waals surface area contributed by atoms with E-state index in [1.807, 2.05) is 25.1 Å². The average molecular weight is 511 g/mol. The predicted octanol–water partition coefficient (Wildman–Crippen LogP) is 4.74. The first-order valence-corrected chi connectivity index (χ1v) is 11.2. The molecule has 0 saturated heterocycles. The number of benzene rings is 3. The number of carbonyl (C=O) groups excluding carboxylic acids is 2. The monoisotopic (exact) mass is 510 g/mol. The van der Waals surface area contributed by atoms with Crippen LogP contribution in [0.1, 0.15) is 28.4 Å². The van der Waals surface area contributed by atoms with Gasteiger partial charge in [0.2, 0.25) is 0 Å². The SMILES string of the molecule is CCOc1cc(/C=N/NC(=O)c2cccc([N+](=O)[O-])c2)cc(Cl)c1OCC(=O)Nc1cccc(C)c1. The molecule has 0 aliphatic heterocycles. The van der Waals surface area contributed by atoms with Crippen molar-refractivity contribution in [2.45, 2.75) is 13.8 Å². The van der Waals surface area contributed by atoms with Crippen LogP contribution in [0.5, 0.6) is 11.5 Å². The highest BCUT2D eigenvalue weighted by atomic mass is 35.5. The molecule has 3 aromatic rings. The molecule has 3 rings (SSSR count). The van der Waals surface area contributed by atoms with Gasteiger partial charge in [0.25, 0.3) is 17.5 Å². The van der Waals surface area contributed by atoms with Gasteiger partial charge in [-0.1, -0.05) is 29.8 Å². The molecule has 0 unspecified atom stereocenters. The first kappa shape index (κ1) is 26.2. The number of carbonyl (C=O) groups is 2. The zero-order valence-electron chi connectivity index (χ0n) is 19.5. The van der Waals surface area contributed by atoms with Crippen LogP contribution in [-0.4, -0.2) is 36.2 Å². The first-order valence-electron chi connectivity index (χ1n) is 10.8. The molecule has 11 heteroatoms. The van der Waals surface area contributed by atoms with E-state index in [4.69, 9.17) is 21.1 Å². The van der Waals surface area contributed by atoms with E-state index in [2.05, 4.69) is 15.8 Å². The smallest absolute Gasteiger partial charge is 0.271 e. The van der Waals surface area contributed by atoms with E-state index >= 15 is 0 Å². The quantitative estimate of drug-likeness (QED) is 0.230. The zero-order chi connectivity index (χ0) is 26.1. The minimum atomic E-state index is -0.620. The summed E-state index contributed by atoms with van der Waals surface area (Å²) in [5.41, 5.74) is 4.33. The fraction of sp³-hybridized carbons (Fsp3) is 0.160. The van der Waals surface area contributed by atoms with Crippen LogP contribution in [0.2, 0.25) is 5.02 Å². The lowest BCUT2D eigenvalue weighted by Crippen LogP contribution is -2.20. The lowest BCUT2D eigenvalue weighted by molar-refractivity contribution is -0.384. The first-order chi connectivity index (χ1) is 17.3. The second-order valence-electron chi connectivity index (χ2n) is 7.48. The van der Waals surface area contributed by atoms with Gasteiger partial charge in [-0.2, -0.15) is 5.10 Å². The summed E-state index contributed by atoms with van der Waals surface area (Å²) >= 11 is 6.37. The number of amides is 2. The summed E-state index contributed by atoms with van der Waals surface area (Å²) in [5, 5.41) is 17.7. The molecule has 36 heavy (non-hydrogen) atoms. The topological polar surface area (TPSA) is 132 Å². The molecule has 0 aromatic heterocycles. The molecule has 0 saturated carbocycles. The normalized spacial score (nSPS) is 10.6. The Morgan fingerprint density at radius 1 is 1.11 bits per heavy atom. The Balaban J connectivity index is 1.67. The fourth-order valence-corrected chi connectivity index (χ4v) is 3.39. The highest BCUT2D eigenvalue weighted by molar-refractivity contribution is 6.32. The molecule has 0 atom stereocenters. The van der Waals surface area contributed by atoms with E-state index < -0.39 is 10.8 Å². The van der Waals surface area contributed by atoms with Gasteiger partial charge in [0.05, 0.1) is 22.8 Å². The Labute approximate surface area is 212 Å². The van der Waals surface area contributed by atoms with Crippen LogP contribution in [0.25, 0.3) is 0 Å². The molecule has 10 nitrogen and oxygen atoms in total. The maximum absolute atomic E-state index is 12.3. The summed E-state index contributed by atoms with van der Waals surface area (Å²) < 4.78 is 11.2. The van der Waals surface area contributed by atoms with Gasteiger partial charge in [0.1, 0.15) is 0 Å². The molecular formula is C25H23ClN4O6. The zero-order valence-corrected chi connectivity index (χ0v) is 20.2. The Morgan fingerprint density at radius 2 is 1.89 bits per heavy atom. The van der Waals surface area contributed by atoms with Crippen molar-refractivity contribution in [2.75, 3.05) is 18.5 Å². The third-order valence-electron chi connectivity index (χ3n) is 4.68. The van der Waals surface area contributed by atoms with Crippen LogP contribution < -0.4 is 20.2 Å². The van der Waals surface area contributed by atoms with Crippen molar-refractivity contribution in [3.05, 3.63) is 92.5 Å². The molecule has 0 aliphatic carbocycles.